The van der Waals surface area contributed by atoms with Gasteiger partial charge in [-0.2, -0.15) is 4.57 Å². The van der Waals surface area contributed by atoms with Gasteiger partial charge in [0.05, 0.1) is 4.92 Å². The topological polar surface area (TPSA) is 137 Å². The molecule has 0 aliphatic heterocycles. The van der Waals surface area contributed by atoms with E-state index in [-0.39, 0.29) is 39.7 Å². The largest absolute Gasteiger partial charge is 0.506 e. The predicted octanol–water partition coefficient (Wildman–Crippen LogP) is 2.56. The van der Waals surface area contributed by atoms with Crippen molar-refractivity contribution in [3.63, 3.8) is 0 Å². The number of hydrogen-bond donors (Lipinski definition) is 1. The van der Waals surface area contributed by atoms with E-state index in [0.717, 1.165) is 12.3 Å². The SMILES string of the molecule is Cc1cc(-n2c([N+](=O)[O-])cnc2C)c2c([N+](=O)[O-])ccc(O)c2n1. The number of aromatic hydroxyl groups is 1. The van der Waals surface area contributed by atoms with Gasteiger partial charge in [-0.25, -0.2) is 9.97 Å². The van der Waals surface area contributed by atoms with Crippen molar-refractivity contribution >= 4 is 22.4 Å². The highest BCUT2D eigenvalue weighted by molar-refractivity contribution is 5.99. The molecule has 0 spiro atoms. The van der Waals surface area contributed by atoms with Crippen LogP contribution in [0.15, 0.2) is 24.4 Å². The summed E-state index contributed by atoms with van der Waals surface area (Å²) in [4.78, 5) is 29.4. The van der Waals surface area contributed by atoms with Gasteiger partial charge < -0.3 is 15.2 Å². The number of non-ortho nitro benzene ring substituents is 1. The van der Waals surface area contributed by atoms with Crippen LogP contribution in [0.5, 0.6) is 5.75 Å². The van der Waals surface area contributed by atoms with Crippen molar-refractivity contribution in [3.8, 4) is 11.4 Å². The van der Waals surface area contributed by atoms with Crippen molar-refractivity contribution in [1.29, 1.82) is 0 Å². The van der Waals surface area contributed by atoms with Crippen LogP contribution in [0.3, 0.4) is 0 Å². The first kappa shape index (κ1) is 15.3. The molecule has 0 saturated heterocycles. The second-order valence-corrected chi connectivity index (χ2v) is 5.12. The average molecular weight is 329 g/mol. The van der Waals surface area contributed by atoms with Crippen molar-refractivity contribution in [3.05, 3.63) is 56.1 Å². The van der Waals surface area contributed by atoms with Gasteiger partial charge in [0.2, 0.25) is 0 Å². The second-order valence-electron chi connectivity index (χ2n) is 5.12. The first-order chi connectivity index (χ1) is 11.3. The summed E-state index contributed by atoms with van der Waals surface area (Å²) in [5, 5.41) is 32.7. The van der Waals surface area contributed by atoms with Crippen LogP contribution in [-0.4, -0.2) is 29.5 Å². The lowest BCUT2D eigenvalue weighted by Crippen LogP contribution is -2.06. The van der Waals surface area contributed by atoms with Crippen LogP contribution in [-0.2, 0) is 0 Å². The zero-order valence-electron chi connectivity index (χ0n) is 12.6. The molecule has 0 saturated carbocycles. The quantitative estimate of drug-likeness (QED) is 0.575. The van der Waals surface area contributed by atoms with Crippen LogP contribution in [0.25, 0.3) is 16.6 Å². The van der Waals surface area contributed by atoms with Crippen molar-refractivity contribution < 1.29 is 15.0 Å². The van der Waals surface area contributed by atoms with Crippen molar-refractivity contribution in [2.75, 3.05) is 0 Å². The molecule has 0 aliphatic rings. The Morgan fingerprint density at radius 2 is 1.88 bits per heavy atom. The van der Waals surface area contributed by atoms with Gasteiger partial charge in [0, 0.05) is 24.8 Å². The van der Waals surface area contributed by atoms with Crippen LogP contribution in [0.2, 0.25) is 0 Å². The van der Waals surface area contributed by atoms with Crippen LogP contribution in [0, 0.1) is 34.1 Å². The van der Waals surface area contributed by atoms with Crippen molar-refractivity contribution in [1.82, 2.24) is 14.5 Å². The molecule has 10 nitrogen and oxygen atoms in total. The maximum absolute atomic E-state index is 11.4. The van der Waals surface area contributed by atoms with E-state index in [1.165, 1.54) is 16.7 Å². The molecule has 3 aromatic rings. The Balaban J connectivity index is 2.54. The highest BCUT2D eigenvalue weighted by Crippen LogP contribution is 2.37. The fourth-order valence-corrected chi connectivity index (χ4v) is 2.60. The predicted molar refractivity (Wildman–Crippen MR) is 83.3 cm³/mol. The lowest BCUT2D eigenvalue weighted by atomic mass is 10.1. The van der Waals surface area contributed by atoms with E-state index in [4.69, 9.17) is 0 Å². The van der Waals surface area contributed by atoms with Gasteiger partial charge >= 0.3 is 5.82 Å². The smallest absolute Gasteiger partial charge is 0.348 e. The van der Waals surface area contributed by atoms with Crippen LogP contribution < -0.4 is 0 Å². The summed E-state index contributed by atoms with van der Waals surface area (Å²) in [6, 6.07) is 3.79. The zero-order chi connectivity index (χ0) is 17.6. The number of nitro benzene ring substituents is 1. The minimum atomic E-state index is -0.629. The third-order valence-electron chi connectivity index (χ3n) is 3.57. The maximum atomic E-state index is 11.4. The monoisotopic (exact) mass is 329 g/mol. The molecule has 2 heterocycles. The van der Waals surface area contributed by atoms with E-state index < -0.39 is 9.85 Å². The highest BCUT2D eigenvalue weighted by Gasteiger charge is 2.27. The number of hydrogen-bond acceptors (Lipinski definition) is 7. The number of nitro groups is 2. The number of rotatable bonds is 3. The molecule has 0 unspecified atom stereocenters. The number of phenols is 1. The lowest BCUT2D eigenvalue weighted by Gasteiger charge is -2.09. The Labute approximate surface area is 134 Å². The fourth-order valence-electron chi connectivity index (χ4n) is 2.60. The molecule has 2 aromatic heterocycles. The summed E-state index contributed by atoms with van der Waals surface area (Å²) in [7, 11) is 0. The number of pyridine rings is 1. The minimum absolute atomic E-state index is 0.00148. The Morgan fingerprint density at radius 3 is 2.50 bits per heavy atom. The first-order valence-electron chi connectivity index (χ1n) is 6.78. The normalized spacial score (nSPS) is 10.9. The van der Waals surface area contributed by atoms with Crippen LogP contribution >= 0.6 is 0 Å². The Hall–Kier alpha value is -3.56. The molecule has 0 amide bonds. The molecule has 0 atom stereocenters. The Bertz CT molecular complexity index is 1010. The van der Waals surface area contributed by atoms with E-state index in [9.17, 15) is 25.3 Å². The van der Waals surface area contributed by atoms with E-state index in [1.54, 1.807) is 13.8 Å². The molecule has 10 heteroatoms. The van der Waals surface area contributed by atoms with Gasteiger partial charge in [-0.3, -0.25) is 10.1 Å². The summed E-state index contributed by atoms with van der Waals surface area (Å²) in [6.45, 7) is 3.17. The van der Waals surface area contributed by atoms with Crippen LogP contribution in [0.4, 0.5) is 11.5 Å². The third-order valence-corrected chi connectivity index (χ3v) is 3.57. The van der Waals surface area contributed by atoms with Crippen LogP contribution in [0.1, 0.15) is 11.5 Å². The molecule has 1 N–H and O–H groups in total. The summed E-state index contributed by atoms with van der Waals surface area (Å²) in [6.07, 6.45) is 1.07. The number of aryl methyl sites for hydroxylation is 2. The van der Waals surface area contributed by atoms with E-state index in [1.807, 2.05) is 0 Å². The number of fused-ring (bicyclic) bond motifs is 1. The molecule has 0 fully saturated rings. The molecule has 122 valence electrons. The molecule has 0 aliphatic carbocycles. The molecule has 1 aromatic carbocycles. The molecular formula is C14H11N5O5. The molecule has 0 radical (unpaired) electrons. The van der Waals surface area contributed by atoms with Gasteiger partial charge in [0.15, 0.2) is 11.5 Å². The van der Waals surface area contributed by atoms with Gasteiger partial charge in [-0.1, -0.05) is 0 Å². The standard InChI is InChI=1S/C14H11N5O5/c1-7-5-10(17-8(2)15-6-12(17)19(23)24)13-9(18(21)22)3-4-11(20)14(13)16-7/h3-6,20H,1-2H3. The zero-order valence-corrected chi connectivity index (χ0v) is 12.6. The summed E-state index contributed by atoms with van der Waals surface area (Å²) < 4.78 is 1.20. The number of imidazole rings is 1. The molecule has 0 bridgehead atoms. The fraction of sp³-hybridized carbons (Fsp3) is 0.143. The van der Waals surface area contributed by atoms with Crippen molar-refractivity contribution in [2.24, 2.45) is 0 Å². The van der Waals surface area contributed by atoms with Gasteiger partial charge in [0.1, 0.15) is 22.8 Å². The molecule has 24 heavy (non-hydrogen) atoms. The summed E-state index contributed by atoms with van der Waals surface area (Å²) in [5.41, 5.74) is 0.298. The van der Waals surface area contributed by atoms with Crippen molar-refractivity contribution in [2.45, 2.75) is 13.8 Å². The second kappa shape index (κ2) is 5.26. The summed E-state index contributed by atoms with van der Waals surface area (Å²) in [5.74, 6) is -0.302. The average Bonchev–Trinajstić information content (AvgIpc) is 2.89. The van der Waals surface area contributed by atoms with Gasteiger partial charge in [0.25, 0.3) is 5.69 Å². The lowest BCUT2D eigenvalue weighted by molar-refractivity contribution is -0.391. The first-order valence-corrected chi connectivity index (χ1v) is 6.78. The van der Waals surface area contributed by atoms with E-state index in [2.05, 4.69) is 9.97 Å². The number of aromatic nitrogens is 3. The Kier molecular flexibility index (Phi) is 3.36. The Morgan fingerprint density at radius 1 is 1.17 bits per heavy atom. The number of nitrogens with zero attached hydrogens (tertiary/aromatic N) is 5. The third kappa shape index (κ3) is 2.20. The van der Waals surface area contributed by atoms with E-state index in [0.29, 0.717) is 5.69 Å². The van der Waals surface area contributed by atoms with Gasteiger partial charge in [-0.05, 0) is 17.9 Å². The van der Waals surface area contributed by atoms with Gasteiger partial charge in [-0.15, -0.1) is 0 Å². The highest BCUT2D eigenvalue weighted by atomic mass is 16.6. The molecule has 3 rings (SSSR count). The van der Waals surface area contributed by atoms with E-state index >= 15 is 0 Å². The minimum Gasteiger partial charge on any atom is -0.506 e. The molecular weight excluding hydrogens is 318 g/mol. The number of benzene rings is 1. The maximum Gasteiger partial charge on any atom is 0.348 e. The number of phenolic OH excluding ortho intramolecular Hbond substituents is 1. The summed E-state index contributed by atoms with van der Waals surface area (Å²) >= 11 is 0.